The summed E-state index contributed by atoms with van der Waals surface area (Å²) in [7, 11) is 0. The average Bonchev–Trinajstić information content (AvgIpc) is 2.89. The van der Waals surface area contributed by atoms with Crippen LogP contribution >= 0.6 is 0 Å². The molecule has 2 aromatic carbocycles. The number of hydrogen-bond acceptors (Lipinski definition) is 5. The minimum absolute atomic E-state index is 0.0689. The van der Waals surface area contributed by atoms with Gasteiger partial charge in [-0.05, 0) is 73.9 Å². The molecule has 0 aromatic heterocycles. The van der Waals surface area contributed by atoms with Gasteiger partial charge >= 0.3 is 5.97 Å². The Kier molecular flexibility index (Phi) is 8.03. The van der Waals surface area contributed by atoms with E-state index in [1.165, 1.54) is 6.08 Å². The van der Waals surface area contributed by atoms with E-state index in [2.05, 4.69) is 10.2 Å². The molecule has 2 fully saturated rings. The molecule has 8 nitrogen and oxygen atoms in total. The third-order valence-electron chi connectivity index (χ3n) is 7.57. The SMILES string of the molecule is O=C(O)/C=C/c1cccc(NC(=O)C2(CC3CCN(c4ccc([N+](=O)[O-])cc4)CC3)CCCCC2)c1. The minimum atomic E-state index is -1.01. The highest BCUT2D eigenvalue weighted by molar-refractivity contribution is 5.95. The van der Waals surface area contributed by atoms with Crippen molar-refractivity contribution in [2.45, 2.75) is 51.4 Å². The summed E-state index contributed by atoms with van der Waals surface area (Å²) in [5.41, 5.74) is 2.13. The molecule has 0 atom stereocenters. The van der Waals surface area contributed by atoms with Gasteiger partial charge in [0.25, 0.3) is 5.69 Å². The van der Waals surface area contributed by atoms with Crippen LogP contribution < -0.4 is 10.2 Å². The van der Waals surface area contributed by atoms with E-state index >= 15 is 0 Å². The maximum absolute atomic E-state index is 13.6. The molecule has 0 spiro atoms. The van der Waals surface area contributed by atoms with Crippen LogP contribution in [0.5, 0.6) is 0 Å². The van der Waals surface area contributed by atoms with Crippen molar-refractivity contribution in [2.24, 2.45) is 11.3 Å². The number of carbonyl (C=O) groups is 2. The lowest BCUT2D eigenvalue weighted by Gasteiger charge is -2.41. The number of amides is 1. The Morgan fingerprint density at radius 1 is 1.08 bits per heavy atom. The molecule has 2 aliphatic rings. The van der Waals surface area contributed by atoms with Crippen LogP contribution in [0.2, 0.25) is 0 Å². The number of benzene rings is 2. The molecule has 1 heterocycles. The second kappa shape index (κ2) is 11.4. The normalized spacial score (nSPS) is 18.2. The smallest absolute Gasteiger partial charge is 0.328 e. The largest absolute Gasteiger partial charge is 0.478 e. The zero-order valence-electron chi connectivity index (χ0n) is 20.4. The van der Waals surface area contributed by atoms with Crippen LogP contribution in [0.3, 0.4) is 0 Å². The van der Waals surface area contributed by atoms with Crippen molar-refractivity contribution >= 4 is 35.0 Å². The number of aliphatic carboxylic acids is 1. The fourth-order valence-corrected chi connectivity index (χ4v) is 5.64. The van der Waals surface area contributed by atoms with E-state index in [9.17, 15) is 19.7 Å². The summed E-state index contributed by atoms with van der Waals surface area (Å²) in [6, 6.07) is 14.0. The molecule has 1 amide bonds. The Hall–Kier alpha value is -3.68. The molecule has 2 N–H and O–H groups in total. The predicted molar refractivity (Wildman–Crippen MR) is 140 cm³/mol. The van der Waals surface area contributed by atoms with Crippen LogP contribution in [0.4, 0.5) is 17.1 Å². The zero-order valence-corrected chi connectivity index (χ0v) is 20.4. The summed E-state index contributed by atoms with van der Waals surface area (Å²) < 4.78 is 0. The molecule has 36 heavy (non-hydrogen) atoms. The van der Waals surface area contributed by atoms with Crippen LogP contribution in [0.15, 0.2) is 54.6 Å². The van der Waals surface area contributed by atoms with Crippen LogP contribution in [-0.2, 0) is 9.59 Å². The van der Waals surface area contributed by atoms with Gasteiger partial charge in [-0.1, -0.05) is 31.4 Å². The molecule has 1 aliphatic carbocycles. The number of rotatable bonds is 8. The Labute approximate surface area is 211 Å². The highest BCUT2D eigenvalue weighted by atomic mass is 16.6. The number of piperidine rings is 1. The van der Waals surface area contributed by atoms with Gasteiger partial charge in [0.2, 0.25) is 5.91 Å². The number of non-ortho nitro benzene ring substituents is 1. The summed E-state index contributed by atoms with van der Waals surface area (Å²) >= 11 is 0. The molecule has 2 aromatic rings. The number of anilines is 2. The van der Waals surface area contributed by atoms with Crippen molar-refractivity contribution in [3.8, 4) is 0 Å². The predicted octanol–water partition coefficient (Wildman–Crippen LogP) is 5.89. The molecule has 190 valence electrons. The summed E-state index contributed by atoms with van der Waals surface area (Å²) in [6.45, 7) is 1.75. The number of carboxylic acid groups (broad SMARTS) is 1. The standard InChI is InChI=1S/C28H33N3O5/c32-26(33)12-7-21-5-4-6-23(19-21)29-27(34)28(15-2-1-3-16-28)20-22-13-17-30(18-14-22)24-8-10-25(11-9-24)31(35)36/h4-12,19,22H,1-3,13-18,20H2,(H,29,34)(H,32,33)/b12-7+. The van der Waals surface area contributed by atoms with E-state index in [1.807, 2.05) is 30.3 Å². The first kappa shape index (κ1) is 25.4. The van der Waals surface area contributed by atoms with Gasteiger partial charge in [-0.3, -0.25) is 14.9 Å². The average molecular weight is 492 g/mol. The van der Waals surface area contributed by atoms with Gasteiger partial charge in [-0.25, -0.2) is 4.79 Å². The third-order valence-corrected chi connectivity index (χ3v) is 7.57. The van der Waals surface area contributed by atoms with Crippen LogP contribution in [0.1, 0.15) is 56.9 Å². The topological polar surface area (TPSA) is 113 Å². The minimum Gasteiger partial charge on any atom is -0.478 e. The van der Waals surface area contributed by atoms with Crippen molar-refractivity contribution in [3.63, 3.8) is 0 Å². The molecular weight excluding hydrogens is 458 g/mol. The number of hydrogen-bond donors (Lipinski definition) is 2. The van der Waals surface area contributed by atoms with Gasteiger partial charge in [0.05, 0.1) is 4.92 Å². The molecule has 0 bridgehead atoms. The maximum atomic E-state index is 13.6. The summed E-state index contributed by atoms with van der Waals surface area (Å²) in [5, 5.41) is 22.9. The monoisotopic (exact) mass is 491 g/mol. The van der Waals surface area contributed by atoms with E-state index in [0.29, 0.717) is 11.6 Å². The second-order valence-corrected chi connectivity index (χ2v) is 10.0. The van der Waals surface area contributed by atoms with E-state index in [-0.39, 0.29) is 21.9 Å². The van der Waals surface area contributed by atoms with Gasteiger partial charge in [0.1, 0.15) is 0 Å². The van der Waals surface area contributed by atoms with Gasteiger partial charge in [-0.15, -0.1) is 0 Å². The molecule has 4 rings (SSSR count). The van der Waals surface area contributed by atoms with Crippen molar-refractivity contribution in [2.75, 3.05) is 23.3 Å². The van der Waals surface area contributed by atoms with Gasteiger partial charge in [0.15, 0.2) is 0 Å². The lowest BCUT2D eigenvalue weighted by molar-refractivity contribution is -0.384. The van der Waals surface area contributed by atoms with Crippen LogP contribution in [0, 0.1) is 21.4 Å². The van der Waals surface area contributed by atoms with E-state index in [1.54, 1.807) is 18.2 Å². The highest BCUT2D eigenvalue weighted by Gasteiger charge is 2.41. The van der Waals surface area contributed by atoms with Crippen molar-refractivity contribution < 1.29 is 19.6 Å². The number of nitrogens with one attached hydrogen (secondary N) is 1. The molecule has 0 unspecified atom stereocenters. The number of carboxylic acids is 1. The van der Waals surface area contributed by atoms with Crippen molar-refractivity contribution in [1.82, 2.24) is 0 Å². The van der Waals surface area contributed by atoms with E-state index < -0.39 is 5.97 Å². The summed E-state index contributed by atoms with van der Waals surface area (Å²) in [4.78, 5) is 37.3. The quantitative estimate of drug-likeness (QED) is 0.271. The molecular formula is C28H33N3O5. The van der Waals surface area contributed by atoms with Gasteiger partial charge < -0.3 is 15.3 Å². The van der Waals surface area contributed by atoms with Crippen LogP contribution in [-0.4, -0.2) is 35.0 Å². The first-order valence-corrected chi connectivity index (χ1v) is 12.7. The Bertz CT molecular complexity index is 1110. The first-order valence-electron chi connectivity index (χ1n) is 12.7. The Balaban J connectivity index is 1.40. The number of nitro benzene ring substituents is 1. The summed E-state index contributed by atoms with van der Waals surface area (Å²) in [5.74, 6) is -0.488. The van der Waals surface area contributed by atoms with Crippen molar-refractivity contribution in [1.29, 1.82) is 0 Å². The van der Waals surface area contributed by atoms with E-state index in [4.69, 9.17) is 5.11 Å². The lowest BCUT2D eigenvalue weighted by Crippen LogP contribution is -2.42. The fraction of sp³-hybridized carbons (Fsp3) is 0.429. The highest BCUT2D eigenvalue weighted by Crippen LogP contribution is 2.44. The molecule has 1 aliphatic heterocycles. The maximum Gasteiger partial charge on any atom is 0.328 e. The molecule has 8 heteroatoms. The Morgan fingerprint density at radius 3 is 2.42 bits per heavy atom. The molecule has 0 radical (unpaired) electrons. The van der Waals surface area contributed by atoms with E-state index in [0.717, 1.165) is 81.8 Å². The van der Waals surface area contributed by atoms with Gasteiger partial charge in [0, 0.05) is 48.1 Å². The number of nitrogens with zero attached hydrogens (tertiary/aromatic N) is 2. The van der Waals surface area contributed by atoms with Crippen molar-refractivity contribution in [3.05, 3.63) is 70.3 Å². The molecule has 1 saturated heterocycles. The van der Waals surface area contributed by atoms with Gasteiger partial charge in [-0.2, -0.15) is 0 Å². The van der Waals surface area contributed by atoms with Crippen LogP contribution in [0.25, 0.3) is 6.08 Å². The Morgan fingerprint density at radius 2 is 1.78 bits per heavy atom. The molecule has 1 saturated carbocycles. The first-order chi connectivity index (χ1) is 17.3. The number of carbonyl (C=O) groups excluding carboxylic acids is 1. The summed E-state index contributed by atoms with van der Waals surface area (Å²) in [6.07, 6.45) is 10.5. The third kappa shape index (κ3) is 6.30. The lowest BCUT2D eigenvalue weighted by atomic mass is 9.67. The fourth-order valence-electron chi connectivity index (χ4n) is 5.64. The number of nitro groups is 1. The zero-order chi connectivity index (χ0) is 25.5. The second-order valence-electron chi connectivity index (χ2n) is 10.0.